The molecule has 0 saturated heterocycles. The van der Waals surface area contributed by atoms with Crippen LogP contribution in [0.4, 0.5) is 0 Å². The molecule has 0 fully saturated rings. The van der Waals surface area contributed by atoms with Crippen LogP contribution in [0.2, 0.25) is 0 Å². The molecule has 0 aliphatic carbocycles. The van der Waals surface area contributed by atoms with Crippen molar-refractivity contribution in [2.75, 3.05) is 13.2 Å². The van der Waals surface area contributed by atoms with E-state index in [0.717, 1.165) is 64.2 Å². The highest BCUT2D eigenvalue weighted by molar-refractivity contribution is 5.71. The van der Waals surface area contributed by atoms with Gasteiger partial charge in [0.2, 0.25) is 0 Å². The summed E-state index contributed by atoms with van der Waals surface area (Å²) in [4.78, 5) is 37.9. The lowest BCUT2D eigenvalue weighted by atomic mass is 10.0. The zero-order valence-corrected chi connectivity index (χ0v) is 47.1. The van der Waals surface area contributed by atoms with E-state index in [4.69, 9.17) is 14.2 Å². The summed E-state index contributed by atoms with van der Waals surface area (Å²) in [6.07, 6.45) is 67.4. The number of hydrogen-bond donors (Lipinski definition) is 0. The summed E-state index contributed by atoms with van der Waals surface area (Å²) >= 11 is 0. The van der Waals surface area contributed by atoms with E-state index in [0.29, 0.717) is 19.3 Å². The van der Waals surface area contributed by atoms with Gasteiger partial charge < -0.3 is 14.2 Å². The third-order valence-corrected chi connectivity index (χ3v) is 14.6. The van der Waals surface area contributed by atoms with Gasteiger partial charge >= 0.3 is 17.9 Å². The van der Waals surface area contributed by atoms with Crippen molar-refractivity contribution >= 4 is 17.9 Å². The molecule has 0 aromatic heterocycles. The molecule has 0 aliphatic rings. The van der Waals surface area contributed by atoms with Crippen LogP contribution in [0, 0.1) is 0 Å². The first-order valence-electron chi connectivity index (χ1n) is 31.5. The van der Waals surface area contributed by atoms with Crippen LogP contribution in [0.1, 0.15) is 367 Å². The molecule has 1 unspecified atom stereocenters. The van der Waals surface area contributed by atoms with Crippen LogP contribution in [0.15, 0.2) is 0 Å². The molecule has 0 aromatic rings. The molecular formula is C63H122O6. The van der Waals surface area contributed by atoms with E-state index >= 15 is 0 Å². The van der Waals surface area contributed by atoms with Gasteiger partial charge in [-0.1, -0.05) is 329 Å². The number of esters is 3. The Morgan fingerprint density at radius 3 is 0.580 bits per heavy atom. The van der Waals surface area contributed by atoms with Crippen molar-refractivity contribution in [3.63, 3.8) is 0 Å². The van der Waals surface area contributed by atoms with Gasteiger partial charge in [-0.2, -0.15) is 0 Å². The fourth-order valence-corrected chi connectivity index (χ4v) is 9.86. The Kier molecular flexibility index (Phi) is 57.6. The maximum absolute atomic E-state index is 12.8. The van der Waals surface area contributed by atoms with E-state index in [-0.39, 0.29) is 31.1 Å². The maximum atomic E-state index is 12.8. The van der Waals surface area contributed by atoms with Crippen molar-refractivity contribution < 1.29 is 28.6 Å². The minimum Gasteiger partial charge on any atom is -0.462 e. The van der Waals surface area contributed by atoms with E-state index in [1.807, 2.05) is 0 Å². The average molecular weight is 976 g/mol. The molecule has 0 saturated carbocycles. The van der Waals surface area contributed by atoms with E-state index in [1.54, 1.807) is 0 Å². The quantitative estimate of drug-likeness (QED) is 0.0343. The lowest BCUT2D eigenvalue weighted by Gasteiger charge is -2.18. The van der Waals surface area contributed by atoms with Crippen molar-refractivity contribution in [1.82, 2.24) is 0 Å². The minimum absolute atomic E-state index is 0.0624. The predicted octanol–water partition coefficient (Wildman–Crippen LogP) is 21.1. The molecular weight excluding hydrogens is 853 g/mol. The number of ether oxygens (including phenoxy) is 3. The van der Waals surface area contributed by atoms with Gasteiger partial charge in [-0.05, 0) is 19.3 Å². The molecule has 0 heterocycles. The van der Waals surface area contributed by atoms with Gasteiger partial charge in [0.15, 0.2) is 6.10 Å². The van der Waals surface area contributed by atoms with E-state index < -0.39 is 6.10 Å². The lowest BCUT2D eigenvalue weighted by molar-refractivity contribution is -0.167. The highest BCUT2D eigenvalue weighted by atomic mass is 16.6. The van der Waals surface area contributed by atoms with E-state index in [2.05, 4.69) is 20.8 Å². The summed E-state index contributed by atoms with van der Waals surface area (Å²) in [5, 5.41) is 0. The van der Waals surface area contributed by atoms with Crippen molar-refractivity contribution in [3.8, 4) is 0 Å². The Bertz CT molecular complexity index is 1030. The monoisotopic (exact) mass is 975 g/mol. The molecule has 0 N–H and O–H groups in total. The number of carbonyl (C=O) groups excluding carboxylic acids is 3. The summed E-state index contributed by atoms with van der Waals surface area (Å²) in [6, 6.07) is 0. The van der Waals surface area contributed by atoms with Crippen LogP contribution >= 0.6 is 0 Å². The summed E-state index contributed by atoms with van der Waals surface area (Å²) in [5.74, 6) is -0.847. The Balaban J connectivity index is 3.96. The number of unbranched alkanes of at least 4 members (excludes halogenated alkanes) is 48. The highest BCUT2D eigenvalue weighted by Crippen LogP contribution is 2.19. The Labute approximate surface area is 431 Å². The third kappa shape index (κ3) is 57.2. The maximum Gasteiger partial charge on any atom is 0.306 e. The van der Waals surface area contributed by atoms with E-state index in [9.17, 15) is 14.4 Å². The zero-order valence-electron chi connectivity index (χ0n) is 47.1. The van der Waals surface area contributed by atoms with Gasteiger partial charge in [0.25, 0.3) is 0 Å². The normalized spacial score (nSPS) is 11.9. The van der Waals surface area contributed by atoms with Crippen molar-refractivity contribution in [2.24, 2.45) is 0 Å². The number of rotatable bonds is 59. The average Bonchev–Trinajstić information content (AvgIpc) is 3.35. The second kappa shape index (κ2) is 59.0. The molecule has 0 amide bonds. The first-order valence-corrected chi connectivity index (χ1v) is 31.5. The van der Waals surface area contributed by atoms with Crippen LogP contribution in [0.25, 0.3) is 0 Å². The molecule has 0 spiro atoms. The zero-order chi connectivity index (χ0) is 50.0. The molecule has 410 valence electrons. The number of carbonyl (C=O) groups is 3. The SMILES string of the molecule is CCCCCCCCCCCCCCCCCCCCCCCCCCC(=O)OCC(COC(=O)CCCCCCC)OC(=O)CCCCCCCCCCCCCCCCCCCCCCCC. The Hall–Kier alpha value is -1.59. The molecule has 0 aliphatic heterocycles. The predicted molar refractivity (Wildman–Crippen MR) is 298 cm³/mol. The molecule has 0 rings (SSSR count). The fourth-order valence-electron chi connectivity index (χ4n) is 9.86. The van der Waals surface area contributed by atoms with Gasteiger partial charge in [0.1, 0.15) is 13.2 Å². The molecule has 1 atom stereocenters. The molecule has 0 bridgehead atoms. The van der Waals surface area contributed by atoms with E-state index in [1.165, 1.54) is 263 Å². The molecule has 0 aromatic carbocycles. The largest absolute Gasteiger partial charge is 0.462 e. The highest BCUT2D eigenvalue weighted by Gasteiger charge is 2.19. The van der Waals surface area contributed by atoms with Crippen LogP contribution in [-0.4, -0.2) is 37.2 Å². The van der Waals surface area contributed by atoms with Gasteiger partial charge in [-0.3, -0.25) is 14.4 Å². The van der Waals surface area contributed by atoms with Crippen LogP contribution in [0.5, 0.6) is 0 Å². The second-order valence-electron chi connectivity index (χ2n) is 21.7. The first kappa shape index (κ1) is 67.4. The van der Waals surface area contributed by atoms with Crippen molar-refractivity contribution in [1.29, 1.82) is 0 Å². The third-order valence-electron chi connectivity index (χ3n) is 14.6. The van der Waals surface area contributed by atoms with Crippen molar-refractivity contribution in [3.05, 3.63) is 0 Å². The van der Waals surface area contributed by atoms with Crippen LogP contribution in [0.3, 0.4) is 0 Å². The minimum atomic E-state index is -0.760. The van der Waals surface area contributed by atoms with Gasteiger partial charge in [0.05, 0.1) is 0 Å². The second-order valence-corrected chi connectivity index (χ2v) is 21.7. The summed E-state index contributed by atoms with van der Waals surface area (Å²) in [5.41, 5.74) is 0. The van der Waals surface area contributed by atoms with Crippen LogP contribution < -0.4 is 0 Å². The Morgan fingerprint density at radius 1 is 0.232 bits per heavy atom. The number of hydrogen-bond acceptors (Lipinski definition) is 6. The smallest absolute Gasteiger partial charge is 0.306 e. The fraction of sp³-hybridized carbons (Fsp3) is 0.952. The summed E-state index contributed by atoms with van der Waals surface area (Å²) in [6.45, 7) is 6.64. The Morgan fingerprint density at radius 2 is 0.391 bits per heavy atom. The standard InChI is InChI=1S/C63H122O6/c1-4-7-10-13-15-17-19-21-23-25-27-29-31-32-34-35-37-39-41-43-45-47-50-53-56-62(65)68-59-60(58-67-61(64)55-52-49-12-9-6-3)69-63(66)57-54-51-48-46-44-42-40-38-36-33-30-28-26-24-22-20-18-16-14-11-8-5-2/h60H,4-59H2,1-3H3. The van der Waals surface area contributed by atoms with Crippen LogP contribution in [-0.2, 0) is 28.6 Å². The van der Waals surface area contributed by atoms with Gasteiger partial charge in [-0.25, -0.2) is 0 Å². The first-order chi connectivity index (χ1) is 34.0. The molecule has 69 heavy (non-hydrogen) atoms. The summed E-state index contributed by atoms with van der Waals surface area (Å²) in [7, 11) is 0. The molecule has 0 radical (unpaired) electrons. The van der Waals surface area contributed by atoms with Gasteiger partial charge in [0, 0.05) is 19.3 Å². The summed E-state index contributed by atoms with van der Waals surface area (Å²) < 4.78 is 16.8. The lowest BCUT2D eigenvalue weighted by Crippen LogP contribution is -2.30. The van der Waals surface area contributed by atoms with Crippen molar-refractivity contribution in [2.45, 2.75) is 374 Å². The molecule has 6 nitrogen and oxygen atoms in total. The topological polar surface area (TPSA) is 78.9 Å². The molecule has 6 heteroatoms. The van der Waals surface area contributed by atoms with Gasteiger partial charge in [-0.15, -0.1) is 0 Å².